The molecule has 0 amide bonds. The molecule has 0 aliphatic carbocycles. The zero-order valence-corrected chi connectivity index (χ0v) is 18.1. The number of aliphatic hydroxyl groups is 1. The third kappa shape index (κ3) is 6.34. The van der Waals surface area contributed by atoms with Gasteiger partial charge in [-0.05, 0) is 56.7 Å². The van der Waals surface area contributed by atoms with E-state index in [1.807, 2.05) is 0 Å². The number of nitrogens with one attached hydrogen (secondary N) is 1. The standard InChI is InChI=1S/C23H26ClNO5/c1-22(2,3)30-20(26)19(25-18-8-6-5-7-9-18)23(28,21(27)29-4)15-14-16-10-12-17(24)13-11-16/h5-15,19,25,28H,1-4H3/b15-14+/t19-,23-/m1/s1. The predicted molar refractivity (Wildman–Crippen MR) is 117 cm³/mol. The molecule has 0 bridgehead atoms. The maximum Gasteiger partial charge on any atom is 0.344 e. The van der Waals surface area contributed by atoms with Crippen molar-refractivity contribution < 1.29 is 24.2 Å². The Morgan fingerprint density at radius 2 is 1.67 bits per heavy atom. The first-order chi connectivity index (χ1) is 14.0. The van der Waals surface area contributed by atoms with Crippen LogP contribution in [0.4, 0.5) is 5.69 Å². The van der Waals surface area contributed by atoms with Crippen LogP contribution in [0.3, 0.4) is 0 Å². The maximum absolute atomic E-state index is 13.0. The second-order valence-corrected chi connectivity index (χ2v) is 8.12. The molecule has 0 radical (unpaired) electrons. The van der Waals surface area contributed by atoms with Crippen LogP contribution in [0.1, 0.15) is 26.3 Å². The Bertz CT molecular complexity index is 890. The Kier molecular flexibility index (Phi) is 7.65. The third-order valence-corrected chi connectivity index (χ3v) is 4.33. The van der Waals surface area contributed by atoms with E-state index in [1.165, 1.54) is 12.2 Å². The van der Waals surface area contributed by atoms with Gasteiger partial charge < -0.3 is 19.9 Å². The summed E-state index contributed by atoms with van der Waals surface area (Å²) in [7, 11) is 1.14. The highest BCUT2D eigenvalue weighted by Gasteiger charge is 2.49. The molecule has 2 N–H and O–H groups in total. The molecular weight excluding hydrogens is 406 g/mol. The van der Waals surface area contributed by atoms with Crippen molar-refractivity contribution in [3.8, 4) is 0 Å². The van der Waals surface area contributed by atoms with E-state index >= 15 is 0 Å². The van der Waals surface area contributed by atoms with Crippen molar-refractivity contribution in [3.05, 3.63) is 71.3 Å². The summed E-state index contributed by atoms with van der Waals surface area (Å²) in [6, 6.07) is 14.0. The first-order valence-electron chi connectivity index (χ1n) is 9.35. The second-order valence-electron chi connectivity index (χ2n) is 7.68. The number of esters is 2. The Hall–Kier alpha value is -2.83. The van der Waals surface area contributed by atoms with Crippen molar-refractivity contribution in [3.63, 3.8) is 0 Å². The molecule has 0 saturated heterocycles. The van der Waals surface area contributed by atoms with Crippen LogP contribution in [-0.2, 0) is 19.1 Å². The Morgan fingerprint density at radius 1 is 1.07 bits per heavy atom. The van der Waals surface area contributed by atoms with Gasteiger partial charge in [0, 0.05) is 10.7 Å². The van der Waals surface area contributed by atoms with Gasteiger partial charge in [-0.3, -0.25) is 0 Å². The normalized spacial score (nSPS) is 14.6. The van der Waals surface area contributed by atoms with Crippen LogP contribution in [-0.4, -0.2) is 41.4 Å². The monoisotopic (exact) mass is 431 g/mol. The topological polar surface area (TPSA) is 84.9 Å². The average Bonchev–Trinajstić information content (AvgIpc) is 2.70. The van der Waals surface area contributed by atoms with Gasteiger partial charge in [-0.15, -0.1) is 0 Å². The van der Waals surface area contributed by atoms with E-state index in [0.29, 0.717) is 16.3 Å². The molecule has 0 aliphatic heterocycles. The number of hydrogen-bond acceptors (Lipinski definition) is 6. The molecular formula is C23H26ClNO5. The molecule has 0 heterocycles. The summed E-state index contributed by atoms with van der Waals surface area (Å²) in [5, 5.41) is 14.8. The lowest BCUT2D eigenvalue weighted by molar-refractivity contribution is -0.171. The molecule has 0 saturated carbocycles. The molecule has 2 rings (SSSR count). The quantitative estimate of drug-likeness (QED) is 0.642. The summed E-state index contributed by atoms with van der Waals surface area (Å²) in [4.78, 5) is 25.6. The molecule has 0 aromatic heterocycles. The van der Waals surface area contributed by atoms with Crippen molar-refractivity contribution in [1.82, 2.24) is 0 Å². The van der Waals surface area contributed by atoms with Gasteiger partial charge in [0.15, 0.2) is 6.04 Å². The Morgan fingerprint density at radius 3 is 2.20 bits per heavy atom. The molecule has 0 fully saturated rings. The largest absolute Gasteiger partial charge is 0.467 e. The lowest BCUT2D eigenvalue weighted by atomic mass is 9.91. The van der Waals surface area contributed by atoms with Crippen LogP contribution in [0.15, 0.2) is 60.7 Å². The predicted octanol–water partition coefficient (Wildman–Crippen LogP) is 4.08. The summed E-state index contributed by atoms with van der Waals surface area (Å²) < 4.78 is 10.3. The number of para-hydroxylation sites is 1. The number of methoxy groups -OCH3 is 1. The van der Waals surface area contributed by atoms with Gasteiger partial charge in [-0.2, -0.15) is 0 Å². The average molecular weight is 432 g/mol. The van der Waals surface area contributed by atoms with Gasteiger partial charge in [-0.25, -0.2) is 9.59 Å². The SMILES string of the molecule is COC(=O)[C@@](O)(/C=C/c1ccc(Cl)cc1)[C@H](Nc1ccccc1)C(=O)OC(C)(C)C. The fraction of sp³-hybridized carbons (Fsp3) is 0.304. The molecule has 7 heteroatoms. The van der Waals surface area contributed by atoms with Gasteiger partial charge in [0.25, 0.3) is 0 Å². The van der Waals surface area contributed by atoms with Crippen molar-refractivity contribution >= 4 is 35.3 Å². The molecule has 0 spiro atoms. The van der Waals surface area contributed by atoms with Crippen molar-refractivity contribution in [1.29, 1.82) is 0 Å². The summed E-state index contributed by atoms with van der Waals surface area (Å²) in [5.74, 6) is -1.81. The highest BCUT2D eigenvalue weighted by atomic mass is 35.5. The van der Waals surface area contributed by atoms with E-state index in [2.05, 4.69) is 5.32 Å². The lowest BCUT2D eigenvalue weighted by Crippen LogP contribution is -2.57. The van der Waals surface area contributed by atoms with Gasteiger partial charge in [0.05, 0.1) is 7.11 Å². The zero-order chi connectivity index (χ0) is 22.4. The lowest BCUT2D eigenvalue weighted by Gasteiger charge is -2.33. The molecule has 0 unspecified atom stereocenters. The summed E-state index contributed by atoms with van der Waals surface area (Å²) in [5.41, 5.74) is -1.98. The third-order valence-electron chi connectivity index (χ3n) is 4.08. The molecule has 6 nitrogen and oxygen atoms in total. The first kappa shape index (κ1) is 23.4. The van der Waals surface area contributed by atoms with Crippen LogP contribution in [0.5, 0.6) is 0 Å². The number of carbonyl (C=O) groups is 2. The van der Waals surface area contributed by atoms with E-state index in [1.54, 1.807) is 75.4 Å². The minimum absolute atomic E-state index is 0.524. The van der Waals surface area contributed by atoms with Crippen molar-refractivity contribution in [2.24, 2.45) is 0 Å². The highest BCUT2D eigenvalue weighted by Crippen LogP contribution is 2.24. The molecule has 2 aromatic carbocycles. The minimum Gasteiger partial charge on any atom is -0.467 e. The maximum atomic E-state index is 13.0. The highest BCUT2D eigenvalue weighted by molar-refractivity contribution is 6.30. The smallest absolute Gasteiger partial charge is 0.344 e. The number of carbonyl (C=O) groups excluding carboxylic acids is 2. The van der Waals surface area contributed by atoms with Crippen LogP contribution in [0.2, 0.25) is 5.02 Å². The molecule has 0 aliphatic rings. The van der Waals surface area contributed by atoms with E-state index in [0.717, 1.165) is 7.11 Å². The molecule has 2 aromatic rings. The van der Waals surface area contributed by atoms with Crippen LogP contribution in [0.25, 0.3) is 6.08 Å². The van der Waals surface area contributed by atoms with E-state index in [-0.39, 0.29) is 0 Å². The number of rotatable bonds is 7. The fourth-order valence-corrected chi connectivity index (χ4v) is 2.78. The molecule has 2 atom stereocenters. The zero-order valence-electron chi connectivity index (χ0n) is 17.4. The molecule has 160 valence electrons. The van der Waals surface area contributed by atoms with Crippen LogP contribution in [0, 0.1) is 0 Å². The van der Waals surface area contributed by atoms with Crippen LogP contribution >= 0.6 is 11.6 Å². The number of benzene rings is 2. The van der Waals surface area contributed by atoms with E-state index in [9.17, 15) is 14.7 Å². The Labute approximate surface area is 181 Å². The van der Waals surface area contributed by atoms with Gasteiger partial charge in [0.2, 0.25) is 5.60 Å². The fourth-order valence-electron chi connectivity index (χ4n) is 2.65. The second kappa shape index (κ2) is 9.78. The Balaban J connectivity index is 2.49. The van der Waals surface area contributed by atoms with E-state index < -0.39 is 29.2 Å². The van der Waals surface area contributed by atoms with Gasteiger partial charge in [-0.1, -0.05) is 48.0 Å². The number of ether oxygens (including phenoxy) is 2. The minimum atomic E-state index is -2.34. The number of halogens is 1. The van der Waals surface area contributed by atoms with Gasteiger partial charge in [0.1, 0.15) is 5.60 Å². The van der Waals surface area contributed by atoms with E-state index in [4.69, 9.17) is 21.1 Å². The van der Waals surface area contributed by atoms with Gasteiger partial charge >= 0.3 is 11.9 Å². The summed E-state index contributed by atoms with van der Waals surface area (Å²) in [6.45, 7) is 5.10. The number of anilines is 1. The van der Waals surface area contributed by atoms with Crippen molar-refractivity contribution in [2.45, 2.75) is 38.0 Å². The summed E-state index contributed by atoms with van der Waals surface area (Å²) in [6.07, 6.45) is 2.73. The molecule has 30 heavy (non-hydrogen) atoms. The first-order valence-corrected chi connectivity index (χ1v) is 9.73. The van der Waals surface area contributed by atoms with Crippen LogP contribution < -0.4 is 5.32 Å². The summed E-state index contributed by atoms with van der Waals surface area (Å²) >= 11 is 5.90. The number of hydrogen-bond donors (Lipinski definition) is 2. The van der Waals surface area contributed by atoms with Crippen molar-refractivity contribution in [2.75, 3.05) is 12.4 Å².